The fourth-order valence-corrected chi connectivity index (χ4v) is 1.95. The molecular formula is C10H11BrO4. The van der Waals surface area contributed by atoms with Gasteiger partial charge in [0.1, 0.15) is 0 Å². The van der Waals surface area contributed by atoms with Crippen LogP contribution in [0.5, 0.6) is 17.2 Å². The number of Topliss-reactive ketones (excluding diaryl/α,β-unsaturated/α-hetero) is 1. The van der Waals surface area contributed by atoms with Crippen LogP contribution >= 0.6 is 15.9 Å². The number of aromatic hydroxyl groups is 1. The largest absolute Gasteiger partial charge is 0.504 e. The Kier molecular flexibility index (Phi) is 3.57. The number of carbonyl (C=O) groups excluding carboxylic acids is 1. The lowest BCUT2D eigenvalue weighted by Gasteiger charge is -2.12. The summed E-state index contributed by atoms with van der Waals surface area (Å²) in [5.74, 6) is 0.0642. The molecule has 0 heterocycles. The average Bonchev–Trinajstić information content (AvgIpc) is 2.16. The van der Waals surface area contributed by atoms with Gasteiger partial charge < -0.3 is 14.6 Å². The van der Waals surface area contributed by atoms with Crippen molar-refractivity contribution in [3.05, 3.63) is 16.1 Å². The third-order valence-corrected chi connectivity index (χ3v) is 2.57. The van der Waals surface area contributed by atoms with E-state index in [1.165, 1.54) is 21.1 Å². The van der Waals surface area contributed by atoms with Gasteiger partial charge in [-0.2, -0.15) is 0 Å². The van der Waals surface area contributed by atoms with Crippen LogP contribution in [-0.2, 0) is 0 Å². The highest BCUT2D eigenvalue weighted by atomic mass is 79.9. The van der Waals surface area contributed by atoms with Crippen LogP contribution in [0.1, 0.15) is 17.3 Å². The average molecular weight is 275 g/mol. The van der Waals surface area contributed by atoms with Crippen molar-refractivity contribution >= 4 is 21.7 Å². The number of methoxy groups -OCH3 is 2. The molecule has 0 amide bonds. The molecule has 0 atom stereocenters. The highest BCUT2D eigenvalue weighted by molar-refractivity contribution is 9.10. The minimum Gasteiger partial charge on any atom is -0.504 e. The van der Waals surface area contributed by atoms with Crippen LogP contribution in [0, 0.1) is 0 Å². The number of benzene rings is 1. The lowest BCUT2D eigenvalue weighted by molar-refractivity contribution is 0.101. The molecule has 0 aliphatic carbocycles. The number of hydrogen-bond acceptors (Lipinski definition) is 4. The minimum atomic E-state index is -0.250. The number of phenols is 1. The molecule has 0 aromatic heterocycles. The molecule has 0 saturated carbocycles. The van der Waals surface area contributed by atoms with Crippen molar-refractivity contribution in [3.8, 4) is 17.2 Å². The molecule has 1 aromatic rings. The van der Waals surface area contributed by atoms with E-state index in [-0.39, 0.29) is 22.8 Å². The molecule has 0 aliphatic heterocycles. The number of hydrogen-bond donors (Lipinski definition) is 1. The Bertz CT molecular complexity index is 401. The van der Waals surface area contributed by atoms with Gasteiger partial charge in [0.15, 0.2) is 17.3 Å². The highest BCUT2D eigenvalue weighted by Gasteiger charge is 2.20. The second-order valence-electron chi connectivity index (χ2n) is 2.87. The van der Waals surface area contributed by atoms with Crippen molar-refractivity contribution in [1.82, 2.24) is 0 Å². The van der Waals surface area contributed by atoms with E-state index in [9.17, 15) is 9.90 Å². The highest BCUT2D eigenvalue weighted by Crippen LogP contribution is 2.43. The molecule has 0 unspecified atom stereocenters. The summed E-state index contributed by atoms with van der Waals surface area (Å²) in [6.45, 7) is 1.37. The maximum absolute atomic E-state index is 11.3. The van der Waals surface area contributed by atoms with Crippen LogP contribution in [0.4, 0.5) is 0 Å². The third kappa shape index (κ3) is 2.07. The fourth-order valence-electron chi connectivity index (χ4n) is 1.28. The Morgan fingerprint density at radius 3 is 2.40 bits per heavy atom. The van der Waals surface area contributed by atoms with Crippen LogP contribution < -0.4 is 9.47 Å². The zero-order chi connectivity index (χ0) is 11.6. The molecule has 5 heteroatoms. The maximum Gasteiger partial charge on any atom is 0.203 e. The van der Waals surface area contributed by atoms with Crippen molar-refractivity contribution in [1.29, 1.82) is 0 Å². The fraction of sp³-hybridized carbons (Fsp3) is 0.300. The molecule has 1 aromatic carbocycles. The van der Waals surface area contributed by atoms with Crippen molar-refractivity contribution in [3.63, 3.8) is 0 Å². The third-order valence-electron chi connectivity index (χ3n) is 1.95. The van der Waals surface area contributed by atoms with Gasteiger partial charge in [0.05, 0.1) is 19.8 Å². The first-order valence-electron chi connectivity index (χ1n) is 4.17. The van der Waals surface area contributed by atoms with Crippen molar-refractivity contribution in [2.24, 2.45) is 0 Å². The smallest absolute Gasteiger partial charge is 0.203 e. The van der Waals surface area contributed by atoms with Gasteiger partial charge in [0.2, 0.25) is 5.75 Å². The van der Waals surface area contributed by atoms with Gasteiger partial charge in [-0.1, -0.05) is 0 Å². The number of carbonyl (C=O) groups is 1. The quantitative estimate of drug-likeness (QED) is 0.860. The summed E-state index contributed by atoms with van der Waals surface area (Å²) in [5.41, 5.74) is 0.188. The molecule has 82 valence electrons. The van der Waals surface area contributed by atoms with E-state index in [1.54, 1.807) is 6.07 Å². The van der Waals surface area contributed by atoms with E-state index < -0.39 is 0 Å². The predicted molar refractivity (Wildman–Crippen MR) is 58.9 cm³/mol. The van der Waals surface area contributed by atoms with Gasteiger partial charge in [-0.15, -0.1) is 0 Å². The summed E-state index contributed by atoms with van der Waals surface area (Å²) in [7, 11) is 2.85. The van der Waals surface area contributed by atoms with Crippen LogP contribution in [0.15, 0.2) is 10.5 Å². The van der Waals surface area contributed by atoms with Crippen molar-refractivity contribution < 1.29 is 19.4 Å². The number of phenolic OH excluding ortho intramolecular Hbond substituents is 1. The molecule has 1 rings (SSSR count). The lowest BCUT2D eigenvalue weighted by atomic mass is 10.1. The van der Waals surface area contributed by atoms with Gasteiger partial charge in [-0.25, -0.2) is 0 Å². The van der Waals surface area contributed by atoms with Crippen molar-refractivity contribution in [2.45, 2.75) is 6.92 Å². The van der Waals surface area contributed by atoms with E-state index in [0.29, 0.717) is 10.2 Å². The van der Waals surface area contributed by atoms with E-state index in [0.717, 1.165) is 0 Å². The Hall–Kier alpha value is -1.23. The second kappa shape index (κ2) is 4.53. The first-order chi connectivity index (χ1) is 7.02. The molecule has 4 nitrogen and oxygen atoms in total. The van der Waals surface area contributed by atoms with Crippen LogP contribution in [0.2, 0.25) is 0 Å². The summed E-state index contributed by atoms with van der Waals surface area (Å²) < 4.78 is 10.4. The molecule has 0 spiro atoms. The Morgan fingerprint density at radius 1 is 1.40 bits per heavy atom. The first kappa shape index (κ1) is 11.8. The van der Waals surface area contributed by atoms with Gasteiger partial charge in [-0.05, 0) is 28.9 Å². The van der Waals surface area contributed by atoms with Gasteiger partial charge in [0.25, 0.3) is 0 Å². The second-order valence-corrected chi connectivity index (χ2v) is 3.73. The van der Waals surface area contributed by atoms with E-state index in [1.807, 2.05) is 0 Å². The summed E-state index contributed by atoms with van der Waals surface area (Å²) >= 11 is 3.19. The van der Waals surface area contributed by atoms with Crippen LogP contribution in [0.25, 0.3) is 0 Å². The predicted octanol–water partition coefficient (Wildman–Crippen LogP) is 2.37. The topological polar surface area (TPSA) is 55.8 Å². The molecule has 15 heavy (non-hydrogen) atoms. The standard InChI is InChI=1S/C10H11BrO4/c1-5(12)8-6(11)4-7(14-2)10(15-3)9(8)13/h4,13H,1-3H3. The van der Waals surface area contributed by atoms with Gasteiger partial charge in [0, 0.05) is 4.47 Å². The Labute approximate surface area is 95.9 Å². The number of ether oxygens (including phenoxy) is 2. The first-order valence-corrected chi connectivity index (χ1v) is 4.96. The number of halogens is 1. The maximum atomic E-state index is 11.3. The SMILES string of the molecule is COc1cc(Br)c(C(C)=O)c(O)c1OC. The molecule has 0 bridgehead atoms. The Balaban J connectivity index is 3.51. The molecule has 0 saturated heterocycles. The molecule has 1 N–H and O–H groups in total. The molecule has 0 aliphatic rings. The molecular weight excluding hydrogens is 264 g/mol. The lowest BCUT2D eigenvalue weighted by Crippen LogP contribution is -1.99. The summed E-state index contributed by atoms with van der Waals surface area (Å²) in [4.78, 5) is 11.3. The van der Waals surface area contributed by atoms with Gasteiger partial charge in [-0.3, -0.25) is 4.79 Å². The minimum absolute atomic E-state index is 0.158. The monoisotopic (exact) mass is 274 g/mol. The zero-order valence-electron chi connectivity index (χ0n) is 8.63. The van der Waals surface area contributed by atoms with E-state index in [4.69, 9.17) is 9.47 Å². The van der Waals surface area contributed by atoms with E-state index >= 15 is 0 Å². The van der Waals surface area contributed by atoms with Crippen molar-refractivity contribution in [2.75, 3.05) is 14.2 Å². The molecule has 0 fully saturated rings. The summed E-state index contributed by atoms with van der Waals surface area (Å²) in [6, 6.07) is 1.58. The normalized spacial score (nSPS) is 9.87. The van der Waals surface area contributed by atoms with Crippen LogP contribution in [-0.4, -0.2) is 25.1 Å². The van der Waals surface area contributed by atoms with E-state index in [2.05, 4.69) is 15.9 Å². The summed E-state index contributed by atoms with van der Waals surface area (Å²) in [5, 5.41) is 9.80. The molecule has 0 radical (unpaired) electrons. The Morgan fingerprint density at radius 2 is 2.00 bits per heavy atom. The number of rotatable bonds is 3. The summed E-state index contributed by atoms with van der Waals surface area (Å²) in [6.07, 6.45) is 0. The number of ketones is 1. The van der Waals surface area contributed by atoms with Gasteiger partial charge >= 0.3 is 0 Å². The van der Waals surface area contributed by atoms with Crippen LogP contribution in [0.3, 0.4) is 0 Å². The zero-order valence-corrected chi connectivity index (χ0v) is 10.2.